The largest absolute Gasteiger partial charge is 0.244 e. The molecule has 0 aromatic carbocycles. The van der Waals surface area contributed by atoms with E-state index in [1.165, 1.54) is 25.0 Å². The molecule has 0 unspecified atom stereocenters. The first-order chi connectivity index (χ1) is 6.86. The molecule has 0 saturated carbocycles. The van der Waals surface area contributed by atoms with E-state index in [0.29, 0.717) is 0 Å². The van der Waals surface area contributed by atoms with Gasteiger partial charge in [0.15, 0.2) is 0 Å². The molecule has 0 saturated heterocycles. The lowest BCUT2D eigenvalue weighted by molar-refractivity contribution is -0.675. The van der Waals surface area contributed by atoms with Gasteiger partial charge in [-0.25, -0.2) is 9.13 Å². The van der Waals surface area contributed by atoms with Crippen molar-refractivity contribution in [2.75, 3.05) is 5.75 Å². The first kappa shape index (κ1) is 11.6. The summed E-state index contributed by atoms with van der Waals surface area (Å²) >= 11 is 1.95. The summed E-state index contributed by atoms with van der Waals surface area (Å²) in [5, 5.41) is 0. The van der Waals surface area contributed by atoms with Crippen molar-refractivity contribution in [3.8, 4) is 0 Å². The molecule has 0 spiro atoms. The van der Waals surface area contributed by atoms with Gasteiger partial charge in [0.05, 0.1) is 6.54 Å². The van der Waals surface area contributed by atoms with Crippen LogP contribution >= 0.6 is 11.8 Å². The third-order valence-electron chi connectivity index (χ3n) is 2.21. The summed E-state index contributed by atoms with van der Waals surface area (Å²) in [4.78, 5) is 0. The van der Waals surface area contributed by atoms with Crippen LogP contribution in [0.15, 0.2) is 18.7 Å². The number of thioether (sulfide) groups is 1. The molecule has 1 aromatic rings. The van der Waals surface area contributed by atoms with Crippen LogP contribution in [-0.4, -0.2) is 10.3 Å². The topological polar surface area (TPSA) is 8.81 Å². The average molecular weight is 213 g/mol. The molecular formula is C11H21N2S+. The third-order valence-corrected chi connectivity index (χ3v) is 3.10. The Bertz CT molecular complexity index is 245. The summed E-state index contributed by atoms with van der Waals surface area (Å²) in [5.74, 6) is 2.27. The van der Waals surface area contributed by atoms with Crippen LogP contribution in [0.4, 0.5) is 0 Å². The maximum Gasteiger partial charge on any atom is 0.244 e. The Morgan fingerprint density at radius 2 is 2.14 bits per heavy atom. The minimum absolute atomic E-state index is 1.08. The molecule has 0 bridgehead atoms. The van der Waals surface area contributed by atoms with Crippen LogP contribution in [0.2, 0.25) is 0 Å². The number of rotatable bonds is 7. The standard InChI is InChI=1S/C11H21N2S/c1-3-5-6-7-12-8-9-13(10-12)11-14-4-2/h8-10H,3-7,11H2,1-2H3/q+1. The number of hydrogen-bond donors (Lipinski definition) is 0. The highest BCUT2D eigenvalue weighted by Gasteiger charge is 2.01. The molecule has 1 rings (SSSR count). The fraction of sp³-hybridized carbons (Fsp3) is 0.727. The number of hydrogen-bond acceptors (Lipinski definition) is 1. The second kappa shape index (κ2) is 6.93. The molecule has 0 radical (unpaired) electrons. The Morgan fingerprint density at radius 1 is 1.29 bits per heavy atom. The predicted molar refractivity (Wildman–Crippen MR) is 62.3 cm³/mol. The van der Waals surface area contributed by atoms with Crippen molar-refractivity contribution in [3.63, 3.8) is 0 Å². The fourth-order valence-electron chi connectivity index (χ4n) is 1.39. The predicted octanol–water partition coefficient (Wildman–Crippen LogP) is 2.68. The van der Waals surface area contributed by atoms with Crippen molar-refractivity contribution in [3.05, 3.63) is 18.7 Å². The van der Waals surface area contributed by atoms with Gasteiger partial charge >= 0.3 is 0 Å². The van der Waals surface area contributed by atoms with Gasteiger partial charge in [-0.15, -0.1) is 11.8 Å². The molecule has 0 amide bonds. The van der Waals surface area contributed by atoms with Crippen molar-refractivity contribution in [1.82, 2.24) is 4.57 Å². The van der Waals surface area contributed by atoms with Gasteiger partial charge < -0.3 is 0 Å². The lowest BCUT2D eigenvalue weighted by Gasteiger charge is -1.95. The molecule has 1 heterocycles. The first-order valence-electron chi connectivity index (χ1n) is 5.49. The van der Waals surface area contributed by atoms with Gasteiger partial charge in [-0.3, -0.25) is 0 Å². The fourth-order valence-corrected chi connectivity index (χ4v) is 1.93. The highest BCUT2D eigenvalue weighted by atomic mass is 32.2. The summed E-state index contributed by atoms with van der Waals surface area (Å²) in [6, 6.07) is 0. The maximum absolute atomic E-state index is 2.28. The van der Waals surface area contributed by atoms with Gasteiger partial charge in [0.25, 0.3) is 0 Å². The van der Waals surface area contributed by atoms with Crippen molar-refractivity contribution in [2.24, 2.45) is 0 Å². The molecular weight excluding hydrogens is 192 g/mol. The lowest BCUT2D eigenvalue weighted by atomic mass is 10.2. The molecule has 0 aliphatic carbocycles. The highest BCUT2D eigenvalue weighted by molar-refractivity contribution is 7.98. The quantitative estimate of drug-likeness (QED) is 0.499. The Morgan fingerprint density at radius 3 is 2.86 bits per heavy atom. The zero-order valence-corrected chi connectivity index (χ0v) is 10.1. The molecule has 0 atom stereocenters. The van der Waals surface area contributed by atoms with E-state index in [4.69, 9.17) is 0 Å². The van der Waals surface area contributed by atoms with Crippen molar-refractivity contribution in [1.29, 1.82) is 0 Å². The summed E-state index contributed by atoms with van der Waals surface area (Å²) in [7, 11) is 0. The summed E-state index contributed by atoms with van der Waals surface area (Å²) in [6.45, 7) is 5.61. The summed E-state index contributed by atoms with van der Waals surface area (Å²) in [5.41, 5.74) is 0. The minimum Gasteiger partial charge on any atom is -0.237 e. The molecule has 0 aliphatic rings. The van der Waals surface area contributed by atoms with E-state index in [-0.39, 0.29) is 0 Å². The molecule has 0 fully saturated rings. The Hall–Kier alpha value is -0.440. The third kappa shape index (κ3) is 4.18. The van der Waals surface area contributed by atoms with Crippen molar-refractivity contribution in [2.45, 2.75) is 45.5 Å². The van der Waals surface area contributed by atoms with Gasteiger partial charge in [-0.1, -0.05) is 20.3 Å². The van der Waals surface area contributed by atoms with Gasteiger partial charge in [0.1, 0.15) is 18.3 Å². The van der Waals surface area contributed by atoms with Gasteiger partial charge in [0, 0.05) is 0 Å². The van der Waals surface area contributed by atoms with E-state index < -0.39 is 0 Å². The number of unbranched alkanes of at least 4 members (excludes halogenated alkanes) is 2. The van der Waals surface area contributed by atoms with Gasteiger partial charge in [-0.05, 0) is 18.6 Å². The SMILES string of the molecule is CCCCCn1cc[n+](CSCC)c1. The smallest absolute Gasteiger partial charge is 0.237 e. The first-order valence-corrected chi connectivity index (χ1v) is 6.64. The van der Waals surface area contributed by atoms with Crippen LogP contribution < -0.4 is 4.57 Å². The molecule has 1 aromatic heterocycles. The minimum atomic E-state index is 1.08. The molecule has 0 aliphatic heterocycles. The van der Waals surface area contributed by atoms with Crippen molar-refractivity contribution < 1.29 is 4.57 Å². The number of imidazole rings is 1. The van der Waals surface area contributed by atoms with E-state index in [0.717, 1.165) is 12.4 Å². The lowest BCUT2D eigenvalue weighted by Crippen LogP contribution is -2.29. The Labute approximate surface area is 91.3 Å². The zero-order chi connectivity index (χ0) is 10.2. The summed E-state index contributed by atoms with van der Waals surface area (Å²) < 4.78 is 4.53. The van der Waals surface area contributed by atoms with Crippen molar-refractivity contribution >= 4 is 11.8 Å². The molecule has 3 heteroatoms. The zero-order valence-electron chi connectivity index (χ0n) is 9.28. The van der Waals surface area contributed by atoms with E-state index in [9.17, 15) is 0 Å². The molecule has 0 N–H and O–H groups in total. The van der Waals surface area contributed by atoms with Crippen LogP contribution in [-0.2, 0) is 12.4 Å². The number of aryl methyl sites for hydroxylation is 1. The van der Waals surface area contributed by atoms with Crippen LogP contribution in [0.1, 0.15) is 33.1 Å². The molecule has 80 valence electrons. The van der Waals surface area contributed by atoms with Gasteiger partial charge in [0.2, 0.25) is 6.33 Å². The summed E-state index contributed by atoms with van der Waals surface area (Å²) in [6.07, 6.45) is 10.5. The second-order valence-electron chi connectivity index (χ2n) is 3.49. The van der Waals surface area contributed by atoms with Crippen LogP contribution in [0, 0.1) is 0 Å². The van der Waals surface area contributed by atoms with Crippen LogP contribution in [0.5, 0.6) is 0 Å². The molecule has 14 heavy (non-hydrogen) atoms. The average Bonchev–Trinajstić information content (AvgIpc) is 2.63. The maximum atomic E-state index is 2.28. The second-order valence-corrected chi connectivity index (χ2v) is 4.74. The van der Waals surface area contributed by atoms with E-state index in [1.54, 1.807) is 0 Å². The number of nitrogens with zero attached hydrogens (tertiary/aromatic N) is 2. The van der Waals surface area contributed by atoms with E-state index in [2.05, 4.69) is 41.7 Å². The number of aromatic nitrogens is 2. The Kier molecular flexibility index (Phi) is 5.76. The van der Waals surface area contributed by atoms with Crippen LogP contribution in [0.25, 0.3) is 0 Å². The Balaban J connectivity index is 2.27. The van der Waals surface area contributed by atoms with E-state index in [1.807, 2.05) is 11.8 Å². The van der Waals surface area contributed by atoms with Gasteiger partial charge in [-0.2, -0.15) is 0 Å². The normalized spacial score (nSPS) is 10.7. The molecule has 2 nitrogen and oxygen atoms in total. The van der Waals surface area contributed by atoms with Crippen LogP contribution in [0.3, 0.4) is 0 Å². The van der Waals surface area contributed by atoms with E-state index >= 15 is 0 Å². The highest BCUT2D eigenvalue weighted by Crippen LogP contribution is 1.99. The monoisotopic (exact) mass is 213 g/mol.